The third kappa shape index (κ3) is 4.08. The van der Waals surface area contributed by atoms with Crippen LogP contribution in [0.15, 0.2) is 48.9 Å². The molecular formula is C19H22N4O6S. The number of benzene rings is 1. The first-order chi connectivity index (χ1) is 14.4. The number of aliphatic hydroxyl groups is 2. The van der Waals surface area contributed by atoms with Gasteiger partial charge in [-0.3, -0.25) is 0 Å². The minimum atomic E-state index is -4.12. The monoisotopic (exact) mass is 434 g/mol. The summed E-state index contributed by atoms with van der Waals surface area (Å²) in [5.41, 5.74) is 2.52. The maximum absolute atomic E-state index is 11.6. The third-order valence-electron chi connectivity index (χ3n) is 5.03. The quantitative estimate of drug-likeness (QED) is 0.482. The summed E-state index contributed by atoms with van der Waals surface area (Å²) in [5, 5.41) is 21.4. The molecule has 30 heavy (non-hydrogen) atoms. The summed E-state index contributed by atoms with van der Waals surface area (Å²) in [5.74, 6) is 0. The number of hydrogen-bond donors (Lipinski definition) is 3. The Kier molecular flexibility index (Phi) is 5.82. The van der Waals surface area contributed by atoms with Crippen LogP contribution in [-0.2, 0) is 32.1 Å². The van der Waals surface area contributed by atoms with Crippen molar-refractivity contribution in [1.29, 1.82) is 0 Å². The highest BCUT2D eigenvalue weighted by Crippen LogP contribution is 2.33. The number of hydrogen-bond acceptors (Lipinski definition) is 8. The predicted octanol–water partition coefficient (Wildman–Crippen LogP) is 0.274. The fourth-order valence-corrected chi connectivity index (χ4v) is 3.95. The Morgan fingerprint density at radius 3 is 2.63 bits per heavy atom. The molecule has 3 aromatic rings. The number of ether oxygens (including phenoxy) is 1. The van der Waals surface area contributed by atoms with E-state index in [9.17, 15) is 18.6 Å². The van der Waals surface area contributed by atoms with Crippen molar-refractivity contribution in [2.45, 2.75) is 37.6 Å². The Hall–Kier alpha value is -2.41. The fraction of sp³-hybridized carbons (Fsp3) is 0.368. The van der Waals surface area contributed by atoms with Crippen LogP contribution in [0.25, 0.3) is 11.0 Å². The summed E-state index contributed by atoms with van der Waals surface area (Å²) in [4.78, 5) is 8.67. The molecule has 1 aliphatic rings. The Labute approximate surface area is 173 Å². The molecule has 0 amide bonds. The summed E-state index contributed by atoms with van der Waals surface area (Å²) in [6.07, 6.45) is -1.04. The van der Waals surface area contributed by atoms with Crippen LogP contribution in [0, 0.1) is 0 Å². The minimum Gasteiger partial charge on any atom is -0.385 e. The fourth-order valence-electron chi connectivity index (χ4n) is 3.45. The van der Waals surface area contributed by atoms with Crippen LogP contribution in [0.4, 0.5) is 0 Å². The van der Waals surface area contributed by atoms with Crippen molar-refractivity contribution in [3.8, 4) is 0 Å². The molecule has 3 heterocycles. The molecule has 1 fully saturated rings. The number of aryl methyl sites for hydroxylation is 2. The van der Waals surface area contributed by atoms with Crippen LogP contribution >= 0.6 is 0 Å². The molecule has 10 nitrogen and oxygen atoms in total. The normalized spacial score (nSPS) is 24.5. The van der Waals surface area contributed by atoms with Crippen LogP contribution < -0.4 is 4.72 Å². The van der Waals surface area contributed by atoms with Crippen molar-refractivity contribution in [1.82, 2.24) is 19.3 Å². The van der Waals surface area contributed by atoms with E-state index in [0.29, 0.717) is 12.1 Å². The highest BCUT2D eigenvalue weighted by Gasteiger charge is 2.46. The van der Waals surface area contributed by atoms with Gasteiger partial charge in [0.15, 0.2) is 6.23 Å². The van der Waals surface area contributed by atoms with Crippen molar-refractivity contribution in [2.75, 3.05) is 7.05 Å². The van der Waals surface area contributed by atoms with Gasteiger partial charge >= 0.3 is 10.3 Å². The van der Waals surface area contributed by atoms with Gasteiger partial charge in [0.05, 0.1) is 5.69 Å². The van der Waals surface area contributed by atoms with Gasteiger partial charge < -0.3 is 19.5 Å². The lowest BCUT2D eigenvalue weighted by atomic mass is 10.1. The molecule has 0 saturated carbocycles. The summed E-state index contributed by atoms with van der Waals surface area (Å²) in [6, 6.07) is 11.8. The van der Waals surface area contributed by atoms with Gasteiger partial charge in [-0.25, -0.2) is 14.2 Å². The van der Waals surface area contributed by atoms with Gasteiger partial charge in [0.2, 0.25) is 6.29 Å². The Bertz CT molecular complexity index is 1120. The zero-order chi connectivity index (χ0) is 21.3. The average Bonchev–Trinajstić information content (AvgIpc) is 3.29. The number of fused-ring (bicyclic) bond motifs is 1. The van der Waals surface area contributed by atoms with Crippen LogP contribution in [0.2, 0.25) is 0 Å². The second-order valence-electron chi connectivity index (χ2n) is 6.90. The molecule has 0 unspecified atom stereocenters. The first-order valence-corrected chi connectivity index (χ1v) is 10.8. The number of aromatic nitrogens is 3. The second kappa shape index (κ2) is 8.38. The zero-order valence-corrected chi connectivity index (χ0v) is 16.9. The van der Waals surface area contributed by atoms with Crippen molar-refractivity contribution in [2.24, 2.45) is 0 Å². The molecule has 160 valence electrons. The van der Waals surface area contributed by atoms with Crippen LogP contribution in [-0.4, -0.2) is 58.7 Å². The molecule has 0 bridgehead atoms. The lowest BCUT2D eigenvalue weighted by Gasteiger charge is -2.17. The van der Waals surface area contributed by atoms with E-state index in [1.54, 1.807) is 12.3 Å². The summed E-state index contributed by atoms with van der Waals surface area (Å²) in [7, 11) is -2.95. The van der Waals surface area contributed by atoms with Crippen molar-refractivity contribution in [3.05, 3.63) is 60.2 Å². The van der Waals surface area contributed by atoms with Gasteiger partial charge in [0.1, 0.15) is 24.2 Å². The van der Waals surface area contributed by atoms with Crippen LogP contribution in [0.3, 0.4) is 0 Å². The molecule has 0 radical (unpaired) electrons. The smallest absolute Gasteiger partial charge is 0.338 e. The summed E-state index contributed by atoms with van der Waals surface area (Å²) in [6.45, 7) is 0. The highest BCUT2D eigenvalue weighted by molar-refractivity contribution is 7.84. The minimum absolute atomic E-state index is 0.501. The molecule has 3 N–H and O–H groups in total. The van der Waals surface area contributed by atoms with Gasteiger partial charge in [0, 0.05) is 18.6 Å². The molecule has 0 spiro atoms. The van der Waals surface area contributed by atoms with Gasteiger partial charge in [0.25, 0.3) is 0 Å². The predicted molar refractivity (Wildman–Crippen MR) is 106 cm³/mol. The van der Waals surface area contributed by atoms with Crippen molar-refractivity contribution in [3.63, 3.8) is 0 Å². The maximum atomic E-state index is 11.6. The van der Waals surface area contributed by atoms with Gasteiger partial charge in [-0.2, -0.15) is 13.1 Å². The largest absolute Gasteiger partial charge is 0.385 e. The molecule has 2 aromatic heterocycles. The standard InChI is InChI=1S/C19H22N4O6S/c1-20-30(26,27)29-19-16(25)15(24)18(28-19)23-10-9-13-14(21-11-22-17(13)23)8-7-12-5-3-2-4-6-12/h2-6,9-11,15-16,18-20,24-25H,7-8H2,1H3/t15-,16+,18-,19-/m1/s1. The Morgan fingerprint density at radius 2 is 1.90 bits per heavy atom. The van der Waals surface area contributed by atoms with Crippen LogP contribution in [0.1, 0.15) is 17.5 Å². The molecule has 0 aliphatic carbocycles. The Balaban J connectivity index is 1.58. The molecule has 1 aromatic carbocycles. The van der Waals surface area contributed by atoms with E-state index in [1.165, 1.54) is 16.5 Å². The summed E-state index contributed by atoms with van der Waals surface area (Å²) >= 11 is 0. The molecule has 1 saturated heterocycles. The van der Waals surface area contributed by atoms with E-state index in [2.05, 4.69) is 9.97 Å². The van der Waals surface area contributed by atoms with Crippen molar-refractivity contribution < 1.29 is 27.6 Å². The third-order valence-corrected chi connectivity index (χ3v) is 5.97. The lowest BCUT2D eigenvalue weighted by Crippen LogP contribution is -2.36. The van der Waals surface area contributed by atoms with Gasteiger partial charge in [-0.05, 0) is 24.5 Å². The first-order valence-electron chi connectivity index (χ1n) is 9.37. The SMILES string of the molecule is CNS(=O)(=O)O[C@H]1O[C@@H](n2ccc3c(CCc4ccccc4)ncnc32)[C@H](O)[C@@H]1O. The molecule has 4 rings (SSSR count). The maximum Gasteiger partial charge on any atom is 0.338 e. The van der Waals surface area contributed by atoms with Gasteiger partial charge in [-0.15, -0.1) is 0 Å². The number of aliphatic hydroxyl groups excluding tert-OH is 2. The average molecular weight is 434 g/mol. The lowest BCUT2D eigenvalue weighted by molar-refractivity contribution is -0.122. The molecule has 4 atom stereocenters. The Morgan fingerprint density at radius 1 is 1.13 bits per heavy atom. The van der Waals surface area contributed by atoms with E-state index in [4.69, 9.17) is 8.92 Å². The van der Waals surface area contributed by atoms with Gasteiger partial charge in [-0.1, -0.05) is 30.3 Å². The van der Waals surface area contributed by atoms with Crippen LogP contribution in [0.5, 0.6) is 0 Å². The molecular weight excluding hydrogens is 412 g/mol. The van der Waals surface area contributed by atoms with E-state index < -0.39 is 35.0 Å². The topological polar surface area (TPSA) is 136 Å². The highest BCUT2D eigenvalue weighted by atomic mass is 32.2. The number of rotatable bonds is 7. The zero-order valence-electron chi connectivity index (χ0n) is 16.1. The first kappa shape index (κ1) is 20.8. The molecule has 11 heteroatoms. The van der Waals surface area contributed by atoms with E-state index >= 15 is 0 Å². The van der Waals surface area contributed by atoms with E-state index in [1.807, 2.05) is 35.1 Å². The second-order valence-corrected chi connectivity index (χ2v) is 8.41. The van der Waals surface area contributed by atoms with E-state index in [-0.39, 0.29) is 0 Å². The summed E-state index contributed by atoms with van der Waals surface area (Å²) < 4.78 is 37.0. The molecule has 1 aliphatic heterocycles. The van der Waals surface area contributed by atoms with Crippen molar-refractivity contribution >= 4 is 21.3 Å². The van der Waals surface area contributed by atoms with E-state index in [0.717, 1.165) is 24.5 Å². The number of nitrogens with one attached hydrogen (secondary N) is 1. The number of nitrogens with zero attached hydrogens (tertiary/aromatic N) is 3.